The van der Waals surface area contributed by atoms with Crippen LogP contribution in [0.2, 0.25) is 0 Å². The maximum Gasteiger partial charge on any atom is 0.123 e. The molecule has 1 rings (SSSR count). The molecule has 0 heterocycles. The van der Waals surface area contributed by atoms with Crippen LogP contribution in [0, 0.1) is 0 Å². The summed E-state index contributed by atoms with van der Waals surface area (Å²) in [6.45, 7) is 3.97. The van der Waals surface area contributed by atoms with Crippen molar-refractivity contribution in [1.82, 2.24) is 0 Å². The van der Waals surface area contributed by atoms with Gasteiger partial charge in [-0.1, -0.05) is 11.6 Å². The molecule has 3 heteroatoms. The Bertz CT molecular complexity index is 361. The van der Waals surface area contributed by atoms with E-state index < -0.39 is 0 Å². The SMILES string of the molecule is COc1cc(/C=C(/C)C(C)N)cc(OC)c1. The van der Waals surface area contributed by atoms with E-state index in [0.29, 0.717) is 0 Å². The van der Waals surface area contributed by atoms with Crippen LogP contribution in [0.15, 0.2) is 23.8 Å². The number of benzene rings is 1. The number of ether oxygens (including phenoxy) is 2. The van der Waals surface area contributed by atoms with Crippen LogP contribution >= 0.6 is 0 Å². The molecule has 3 nitrogen and oxygen atoms in total. The van der Waals surface area contributed by atoms with Gasteiger partial charge in [-0.3, -0.25) is 0 Å². The molecule has 0 spiro atoms. The van der Waals surface area contributed by atoms with Gasteiger partial charge in [0.1, 0.15) is 11.5 Å². The monoisotopic (exact) mass is 221 g/mol. The highest BCUT2D eigenvalue weighted by molar-refractivity contribution is 5.58. The first-order valence-corrected chi connectivity index (χ1v) is 5.23. The smallest absolute Gasteiger partial charge is 0.123 e. The summed E-state index contributed by atoms with van der Waals surface area (Å²) in [5, 5.41) is 0. The number of nitrogens with two attached hydrogens (primary N) is 1. The summed E-state index contributed by atoms with van der Waals surface area (Å²) in [5.41, 5.74) is 7.95. The molecule has 0 aliphatic rings. The standard InChI is InChI=1S/C13H19NO2/c1-9(10(2)14)5-11-6-12(15-3)8-13(7-11)16-4/h5-8,10H,14H2,1-4H3/b9-5-. The molecule has 0 aromatic heterocycles. The molecule has 1 unspecified atom stereocenters. The van der Waals surface area contributed by atoms with E-state index >= 15 is 0 Å². The Hall–Kier alpha value is -1.48. The van der Waals surface area contributed by atoms with Crippen molar-refractivity contribution in [2.24, 2.45) is 5.73 Å². The maximum atomic E-state index is 5.79. The molecule has 0 aliphatic heterocycles. The van der Waals surface area contributed by atoms with Crippen molar-refractivity contribution in [2.75, 3.05) is 14.2 Å². The molecule has 0 aliphatic carbocycles. The van der Waals surface area contributed by atoms with E-state index in [1.54, 1.807) is 14.2 Å². The Morgan fingerprint density at radius 2 is 1.69 bits per heavy atom. The first kappa shape index (κ1) is 12.6. The number of hydrogen-bond acceptors (Lipinski definition) is 3. The predicted octanol–water partition coefficient (Wildman–Crippen LogP) is 2.45. The summed E-state index contributed by atoms with van der Waals surface area (Å²) in [4.78, 5) is 0. The Labute approximate surface area is 96.9 Å². The van der Waals surface area contributed by atoms with Crippen LogP contribution in [0.5, 0.6) is 11.5 Å². The maximum absolute atomic E-state index is 5.79. The molecule has 88 valence electrons. The minimum atomic E-state index is 0.0530. The molecule has 0 fully saturated rings. The molecule has 1 aromatic carbocycles. The zero-order valence-electron chi connectivity index (χ0n) is 10.3. The van der Waals surface area contributed by atoms with Gasteiger partial charge < -0.3 is 15.2 Å². The Morgan fingerprint density at radius 3 is 2.06 bits per heavy atom. The van der Waals surface area contributed by atoms with E-state index in [9.17, 15) is 0 Å². The third-order valence-corrected chi connectivity index (χ3v) is 2.49. The van der Waals surface area contributed by atoms with Crippen molar-refractivity contribution < 1.29 is 9.47 Å². The van der Waals surface area contributed by atoms with Crippen molar-refractivity contribution in [3.05, 3.63) is 29.3 Å². The largest absolute Gasteiger partial charge is 0.497 e. The molecule has 2 N–H and O–H groups in total. The fourth-order valence-corrected chi connectivity index (χ4v) is 1.31. The van der Waals surface area contributed by atoms with E-state index in [1.807, 2.05) is 38.1 Å². The van der Waals surface area contributed by atoms with E-state index in [-0.39, 0.29) is 6.04 Å². The number of rotatable bonds is 4. The lowest BCUT2D eigenvalue weighted by Crippen LogP contribution is -2.15. The normalized spacial score (nSPS) is 13.4. The summed E-state index contributed by atoms with van der Waals surface area (Å²) < 4.78 is 10.4. The highest BCUT2D eigenvalue weighted by atomic mass is 16.5. The van der Waals surface area contributed by atoms with Gasteiger partial charge in [-0.05, 0) is 31.5 Å². The van der Waals surface area contributed by atoms with Gasteiger partial charge in [-0.25, -0.2) is 0 Å². The van der Waals surface area contributed by atoms with Gasteiger partial charge in [0.25, 0.3) is 0 Å². The summed E-state index contributed by atoms with van der Waals surface area (Å²) in [6.07, 6.45) is 2.04. The second-order valence-corrected chi connectivity index (χ2v) is 3.82. The summed E-state index contributed by atoms with van der Waals surface area (Å²) >= 11 is 0. The van der Waals surface area contributed by atoms with Crippen molar-refractivity contribution in [2.45, 2.75) is 19.9 Å². The highest BCUT2D eigenvalue weighted by Gasteiger charge is 2.02. The van der Waals surface area contributed by atoms with Crippen LogP contribution < -0.4 is 15.2 Å². The lowest BCUT2D eigenvalue weighted by Gasteiger charge is -2.08. The second-order valence-electron chi connectivity index (χ2n) is 3.82. The Morgan fingerprint density at radius 1 is 1.19 bits per heavy atom. The minimum absolute atomic E-state index is 0.0530. The molecule has 1 atom stereocenters. The van der Waals surface area contributed by atoms with Gasteiger partial charge in [-0.2, -0.15) is 0 Å². The molecular formula is C13H19NO2. The van der Waals surface area contributed by atoms with Crippen LogP contribution in [0.25, 0.3) is 6.08 Å². The summed E-state index contributed by atoms with van der Waals surface area (Å²) in [6, 6.07) is 5.80. The fourth-order valence-electron chi connectivity index (χ4n) is 1.31. The van der Waals surface area contributed by atoms with Gasteiger partial charge in [0, 0.05) is 12.1 Å². The third-order valence-electron chi connectivity index (χ3n) is 2.49. The molecule has 0 radical (unpaired) electrons. The van der Waals surface area contributed by atoms with Crippen LogP contribution in [0.4, 0.5) is 0 Å². The zero-order chi connectivity index (χ0) is 12.1. The van der Waals surface area contributed by atoms with Gasteiger partial charge in [-0.15, -0.1) is 0 Å². The second kappa shape index (κ2) is 5.56. The number of methoxy groups -OCH3 is 2. The van der Waals surface area contributed by atoms with Gasteiger partial charge in [0.05, 0.1) is 14.2 Å². The predicted molar refractivity (Wildman–Crippen MR) is 66.8 cm³/mol. The van der Waals surface area contributed by atoms with E-state index in [4.69, 9.17) is 15.2 Å². The summed E-state index contributed by atoms with van der Waals surface area (Å²) in [5.74, 6) is 1.56. The van der Waals surface area contributed by atoms with Gasteiger partial charge >= 0.3 is 0 Å². The number of hydrogen-bond donors (Lipinski definition) is 1. The molecule has 0 saturated carbocycles. The van der Waals surface area contributed by atoms with Crippen LogP contribution in [-0.4, -0.2) is 20.3 Å². The van der Waals surface area contributed by atoms with E-state index in [2.05, 4.69) is 0 Å². The average molecular weight is 221 g/mol. The van der Waals surface area contributed by atoms with E-state index in [1.165, 1.54) is 0 Å². The lowest BCUT2D eigenvalue weighted by molar-refractivity contribution is 0.394. The molecule has 0 saturated heterocycles. The third kappa shape index (κ3) is 3.28. The fraction of sp³-hybridized carbons (Fsp3) is 0.385. The highest BCUT2D eigenvalue weighted by Crippen LogP contribution is 2.24. The molecule has 1 aromatic rings. The quantitative estimate of drug-likeness (QED) is 0.849. The van der Waals surface area contributed by atoms with Crippen LogP contribution in [0.3, 0.4) is 0 Å². The summed E-state index contributed by atoms with van der Waals surface area (Å²) in [7, 11) is 3.28. The van der Waals surface area contributed by atoms with Gasteiger partial charge in [0.15, 0.2) is 0 Å². The van der Waals surface area contributed by atoms with Crippen LogP contribution in [-0.2, 0) is 0 Å². The average Bonchev–Trinajstić information content (AvgIpc) is 2.28. The first-order chi connectivity index (χ1) is 7.56. The minimum Gasteiger partial charge on any atom is -0.497 e. The first-order valence-electron chi connectivity index (χ1n) is 5.23. The molecule has 0 bridgehead atoms. The van der Waals surface area contributed by atoms with Crippen molar-refractivity contribution in [3.63, 3.8) is 0 Å². The zero-order valence-corrected chi connectivity index (χ0v) is 10.3. The topological polar surface area (TPSA) is 44.5 Å². The molecular weight excluding hydrogens is 202 g/mol. The Kier molecular flexibility index (Phi) is 4.38. The van der Waals surface area contributed by atoms with Crippen molar-refractivity contribution in [1.29, 1.82) is 0 Å². The molecule has 0 amide bonds. The molecule has 16 heavy (non-hydrogen) atoms. The van der Waals surface area contributed by atoms with Crippen molar-refractivity contribution in [3.8, 4) is 11.5 Å². The lowest BCUT2D eigenvalue weighted by atomic mass is 10.1. The Balaban J connectivity index is 3.08. The van der Waals surface area contributed by atoms with Crippen LogP contribution in [0.1, 0.15) is 19.4 Å². The van der Waals surface area contributed by atoms with E-state index in [0.717, 1.165) is 22.6 Å². The van der Waals surface area contributed by atoms with Crippen molar-refractivity contribution >= 4 is 6.08 Å². The van der Waals surface area contributed by atoms with Gasteiger partial charge in [0.2, 0.25) is 0 Å².